The fourth-order valence-electron chi connectivity index (χ4n) is 1.08. The minimum absolute atomic E-state index is 0.0476. The maximum Gasteiger partial charge on any atom is 0.231 e. The lowest BCUT2D eigenvalue weighted by molar-refractivity contribution is -0.115. The summed E-state index contributed by atoms with van der Waals surface area (Å²) in [6, 6.07) is 3.87. The molecule has 78 valence electrons. The van der Waals surface area contributed by atoms with Crippen molar-refractivity contribution in [3.8, 4) is 0 Å². The van der Waals surface area contributed by atoms with Crippen molar-refractivity contribution in [1.82, 2.24) is 9.36 Å². The molecule has 0 aliphatic carbocycles. The minimum atomic E-state index is -0.0476. The van der Waals surface area contributed by atoms with Crippen molar-refractivity contribution in [2.45, 2.75) is 13.3 Å². The number of rotatable bonds is 3. The number of amides is 1. The van der Waals surface area contributed by atoms with Gasteiger partial charge in [0.1, 0.15) is 5.82 Å². The van der Waals surface area contributed by atoms with Crippen LogP contribution in [0.2, 0.25) is 0 Å². The van der Waals surface area contributed by atoms with Gasteiger partial charge < -0.3 is 5.32 Å². The van der Waals surface area contributed by atoms with E-state index < -0.39 is 0 Å². The minimum Gasteiger partial charge on any atom is -0.300 e. The molecule has 0 atom stereocenters. The zero-order valence-corrected chi connectivity index (χ0v) is 9.69. The van der Waals surface area contributed by atoms with Gasteiger partial charge in [0.15, 0.2) is 0 Å². The number of aryl methyl sites for hydroxylation is 1. The normalized spacial score (nSPS) is 10.2. The molecule has 4 nitrogen and oxygen atoms in total. The number of nitrogens with zero attached hydrogens (tertiary/aromatic N) is 2. The molecule has 6 heteroatoms. The fraction of sp³-hybridized carbons (Fsp3) is 0.222. The quantitative estimate of drug-likeness (QED) is 0.892. The van der Waals surface area contributed by atoms with Crippen LogP contribution in [0.15, 0.2) is 17.5 Å². The second kappa shape index (κ2) is 4.50. The molecule has 0 unspecified atom stereocenters. The van der Waals surface area contributed by atoms with Crippen LogP contribution in [0.4, 0.5) is 5.13 Å². The number of hydrogen-bond donors (Lipinski definition) is 1. The third-order valence-electron chi connectivity index (χ3n) is 1.69. The lowest BCUT2D eigenvalue weighted by Gasteiger charge is -1.97. The van der Waals surface area contributed by atoms with Gasteiger partial charge in [-0.05, 0) is 18.4 Å². The van der Waals surface area contributed by atoms with Crippen molar-refractivity contribution in [1.29, 1.82) is 0 Å². The van der Waals surface area contributed by atoms with E-state index in [2.05, 4.69) is 14.7 Å². The Hall–Kier alpha value is -1.27. The predicted molar refractivity (Wildman–Crippen MR) is 61.3 cm³/mol. The Bertz CT molecular complexity index is 450. The average Bonchev–Trinajstić information content (AvgIpc) is 2.77. The Labute approximate surface area is 95.2 Å². The highest BCUT2D eigenvalue weighted by atomic mass is 32.1. The van der Waals surface area contributed by atoms with Crippen LogP contribution in [0.5, 0.6) is 0 Å². The zero-order valence-electron chi connectivity index (χ0n) is 8.06. The number of anilines is 1. The summed E-state index contributed by atoms with van der Waals surface area (Å²) in [5.41, 5.74) is 0. The number of carbonyl (C=O) groups is 1. The molecule has 1 amide bonds. The van der Waals surface area contributed by atoms with E-state index in [1.54, 1.807) is 18.3 Å². The number of aromatic nitrogens is 2. The molecule has 0 aliphatic heterocycles. The molecular weight excluding hydrogens is 230 g/mol. The van der Waals surface area contributed by atoms with Gasteiger partial charge in [0.05, 0.1) is 6.42 Å². The summed E-state index contributed by atoms with van der Waals surface area (Å²) in [7, 11) is 0. The fourth-order valence-corrected chi connectivity index (χ4v) is 2.38. The number of thiophene rings is 1. The lowest BCUT2D eigenvalue weighted by Crippen LogP contribution is -2.13. The van der Waals surface area contributed by atoms with Gasteiger partial charge in [-0.25, -0.2) is 4.98 Å². The Morgan fingerprint density at radius 3 is 3.07 bits per heavy atom. The van der Waals surface area contributed by atoms with Crippen molar-refractivity contribution in [3.63, 3.8) is 0 Å². The molecule has 2 aromatic rings. The molecule has 0 saturated heterocycles. The number of carbonyl (C=O) groups excluding carboxylic acids is 1. The van der Waals surface area contributed by atoms with Gasteiger partial charge in [-0.15, -0.1) is 11.3 Å². The average molecular weight is 239 g/mol. The topological polar surface area (TPSA) is 54.9 Å². The first-order valence-electron chi connectivity index (χ1n) is 4.36. The Kier molecular flexibility index (Phi) is 3.08. The Morgan fingerprint density at radius 2 is 2.47 bits per heavy atom. The standard InChI is InChI=1S/C9H9N3OS2/c1-6-10-9(15-12-6)11-8(13)5-7-3-2-4-14-7/h2-4H,5H2,1H3,(H,10,11,12,13). The Balaban J connectivity index is 1.93. The Morgan fingerprint density at radius 1 is 1.60 bits per heavy atom. The first kappa shape index (κ1) is 10.3. The van der Waals surface area contributed by atoms with Crippen LogP contribution in [0.25, 0.3) is 0 Å². The molecule has 0 fully saturated rings. The van der Waals surface area contributed by atoms with Crippen LogP contribution in [0.1, 0.15) is 10.7 Å². The van der Waals surface area contributed by atoms with Gasteiger partial charge in [-0.3, -0.25) is 4.79 Å². The lowest BCUT2D eigenvalue weighted by atomic mass is 10.3. The smallest absolute Gasteiger partial charge is 0.231 e. The number of hydrogen-bond acceptors (Lipinski definition) is 5. The molecule has 1 N–H and O–H groups in total. The molecular formula is C9H9N3OS2. The van der Waals surface area contributed by atoms with Crippen molar-refractivity contribution in [2.24, 2.45) is 0 Å². The van der Waals surface area contributed by atoms with Crippen molar-refractivity contribution in [2.75, 3.05) is 5.32 Å². The van der Waals surface area contributed by atoms with Gasteiger partial charge in [0, 0.05) is 16.4 Å². The van der Waals surface area contributed by atoms with Crippen molar-refractivity contribution >= 4 is 33.9 Å². The maximum absolute atomic E-state index is 11.5. The SMILES string of the molecule is Cc1nsc(NC(=O)Cc2cccs2)n1. The van der Waals surface area contributed by atoms with Crippen LogP contribution in [0.3, 0.4) is 0 Å². The third-order valence-corrected chi connectivity index (χ3v) is 3.29. The van der Waals surface area contributed by atoms with Crippen LogP contribution >= 0.6 is 22.9 Å². The highest BCUT2D eigenvalue weighted by molar-refractivity contribution is 7.10. The summed E-state index contributed by atoms with van der Waals surface area (Å²) in [6.45, 7) is 1.80. The van der Waals surface area contributed by atoms with E-state index in [0.717, 1.165) is 4.88 Å². The summed E-state index contributed by atoms with van der Waals surface area (Å²) in [6.07, 6.45) is 0.399. The molecule has 0 spiro atoms. The number of nitrogens with one attached hydrogen (secondary N) is 1. The molecule has 0 radical (unpaired) electrons. The molecule has 0 saturated carbocycles. The summed E-state index contributed by atoms with van der Waals surface area (Å²) in [5.74, 6) is 0.639. The maximum atomic E-state index is 11.5. The summed E-state index contributed by atoms with van der Waals surface area (Å²) < 4.78 is 3.99. The molecule has 2 heterocycles. The molecule has 2 rings (SSSR count). The van der Waals surface area contributed by atoms with Gasteiger partial charge in [-0.1, -0.05) is 6.07 Å². The van der Waals surface area contributed by atoms with Crippen LogP contribution < -0.4 is 5.32 Å². The molecule has 0 bridgehead atoms. The highest BCUT2D eigenvalue weighted by Gasteiger charge is 2.07. The first-order valence-corrected chi connectivity index (χ1v) is 6.02. The van der Waals surface area contributed by atoms with E-state index in [-0.39, 0.29) is 5.91 Å². The largest absolute Gasteiger partial charge is 0.300 e. The summed E-state index contributed by atoms with van der Waals surface area (Å²) in [4.78, 5) is 16.6. The summed E-state index contributed by atoms with van der Waals surface area (Å²) >= 11 is 2.77. The summed E-state index contributed by atoms with van der Waals surface area (Å²) in [5, 5.41) is 5.23. The van der Waals surface area contributed by atoms with E-state index in [1.165, 1.54) is 11.5 Å². The van der Waals surface area contributed by atoms with E-state index in [9.17, 15) is 4.79 Å². The predicted octanol–water partition coefficient (Wildman–Crippen LogP) is 2.09. The van der Waals surface area contributed by atoms with Gasteiger partial charge in [0.2, 0.25) is 11.0 Å². The molecule has 0 aromatic carbocycles. The van der Waals surface area contributed by atoms with Gasteiger partial charge in [-0.2, -0.15) is 4.37 Å². The van der Waals surface area contributed by atoms with Crippen LogP contribution in [-0.2, 0) is 11.2 Å². The van der Waals surface area contributed by atoms with Gasteiger partial charge in [0.25, 0.3) is 0 Å². The van der Waals surface area contributed by atoms with E-state index in [1.807, 2.05) is 17.5 Å². The highest BCUT2D eigenvalue weighted by Crippen LogP contribution is 2.13. The first-order chi connectivity index (χ1) is 7.24. The van der Waals surface area contributed by atoms with E-state index >= 15 is 0 Å². The van der Waals surface area contributed by atoms with E-state index in [4.69, 9.17) is 0 Å². The third kappa shape index (κ3) is 2.84. The molecule has 0 aliphatic rings. The monoisotopic (exact) mass is 239 g/mol. The van der Waals surface area contributed by atoms with Crippen LogP contribution in [-0.4, -0.2) is 15.3 Å². The van der Waals surface area contributed by atoms with Gasteiger partial charge >= 0.3 is 0 Å². The van der Waals surface area contributed by atoms with Crippen molar-refractivity contribution in [3.05, 3.63) is 28.2 Å². The molecule has 15 heavy (non-hydrogen) atoms. The van der Waals surface area contributed by atoms with Crippen LogP contribution in [0, 0.1) is 6.92 Å². The second-order valence-corrected chi connectivity index (χ2v) is 4.74. The second-order valence-electron chi connectivity index (χ2n) is 2.95. The van der Waals surface area contributed by atoms with E-state index in [0.29, 0.717) is 17.4 Å². The van der Waals surface area contributed by atoms with Crippen molar-refractivity contribution < 1.29 is 4.79 Å². The molecule has 2 aromatic heterocycles. The zero-order chi connectivity index (χ0) is 10.7.